The average Bonchev–Trinajstić information content (AvgIpc) is 3.78. The van der Waals surface area contributed by atoms with Crippen LogP contribution in [0.1, 0.15) is 159 Å². The van der Waals surface area contributed by atoms with Crippen molar-refractivity contribution in [3.05, 3.63) is 0 Å². The van der Waals surface area contributed by atoms with Crippen molar-refractivity contribution in [2.24, 2.45) is 76.9 Å². The minimum atomic E-state index is -0.830. The zero-order valence-electron chi connectivity index (χ0n) is 41.8. The monoisotopic (exact) mass is 947 g/mol. The number of ether oxygens (including phenoxy) is 9. The molecule has 24 atom stereocenters. The van der Waals surface area contributed by atoms with Gasteiger partial charge in [-0.25, -0.2) is 29.3 Å². The third kappa shape index (κ3) is 7.41. The van der Waals surface area contributed by atoms with Crippen LogP contribution < -0.4 is 0 Å². The van der Waals surface area contributed by atoms with Gasteiger partial charge in [-0.1, -0.05) is 41.5 Å². The summed E-state index contributed by atoms with van der Waals surface area (Å²) in [6, 6.07) is 0. The van der Waals surface area contributed by atoms with E-state index >= 15 is 0 Å². The van der Waals surface area contributed by atoms with Gasteiger partial charge in [0.05, 0.1) is 19.8 Å². The van der Waals surface area contributed by atoms with E-state index in [1.807, 2.05) is 20.8 Å². The lowest BCUT2D eigenvalue weighted by atomic mass is 9.58. The first-order valence-corrected chi connectivity index (χ1v) is 27.1. The van der Waals surface area contributed by atoms with Gasteiger partial charge in [0.1, 0.15) is 0 Å². The molecule has 0 amide bonds. The molecule has 0 aromatic carbocycles. The molecule has 12 heterocycles. The molecule has 15 fully saturated rings. The van der Waals surface area contributed by atoms with Crippen molar-refractivity contribution in [3.63, 3.8) is 0 Å². The molecule has 67 heavy (non-hydrogen) atoms. The van der Waals surface area contributed by atoms with Crippen LogP contribution in [0.15, 0.2) is 0 Å². The van der Waals surface area contributed by atoms with Crippen molar-refractivity contribution in [2.45, 2.75) is 231 Å². The Kier molecular flexibility index (Phi) is 12.2. The molecule has 15 heteroatoms. The summed E-state index contributed by atoms with van der Waals surface area (Å²) in [5.74, 6) is 1.10. The summed E-state index contributed by atoms with van der Waals surface area (Å²) >= 11 is 0. The summed E-state index contributed by atoms with van der Waals surface area (Å²) < 4.78 is 60.9. The van der Waals surface area contributed by atoms with Gasteiger partial charge in [-0.2, -0.15) is 0 Å². The Balaban J connectivity index is 0.730. The van der Waals surface area contributed by atoms with E-state index in [0.717, 1.165) is 96.3 Å². The Morgan fingerprint density at radius 3 is 0.985 bits per heavy atom. The third-order valence-electron chi connectivity index (χ3n) is 20.7. The summed E-state index contributed by atoms with van der Waals surface area (Å²) in [6.45, 7) is 21.3. The van der Waals surface area contributed by atoms with Crippen molar-refractivity contribution in [1.82, 2.24) is 0 Å². The maximum Gasteiger partial charge on any atom is 0.201 e. The predicted octanol–water partition coefficient (Wildman–Crippen LogP) is 9.45. The molecule has 3 aliphatic carbocycles. The predicted molar refractivity (Wildman–Crippen MR) is 236 cm³/mol. The maximum absolute atomic E-state index is 6.83. The van der Waals surface area contributed by atoms with Crippen molar-refractivity contribution >= 4 is 0 Å². The first kappa shape index (κ1) is 47.4. The van der Waals surface area contributed by atoms with Crippen LogP contribution in [0.4, 0.5) is 0 Å². The Hall–Kier alpha value is -0.600. The SMILES string of the molecule is C[C@@H]1CC[C@H]2[C@@H](C)C(OCCC(CCOC3O[C@@H]4O[C@]5(C)CC[C@H]6[C@H](C)CC[C@@H]([C@H]3C)[C@@]46OO5)CCOC3O[C@@H]4O[C@]5(C)CC[C@H]6[C@H](C)CC[C@@H]([C@H]3C)[C@@]46OO5)O[C@@H]3O[C@]4(C)CC[C@@H]1[C@]32OO4. The molecule has 15 aliphatic rings. The molecule has 3 saturated carbocycles. The van der Waals surface area contributed by atoms with Gasteiger partial charge in [0.2, 0.25) is 17.4 Å². The number of hydrogen-bond donors (Lipinski definition) is 0. The average molecular weight is 947 g/mol. The highest BCUT2D eigenvalue weighted by Crippen LogP contribution is 2.64. The molecular weight excluding hydrogens is 865 g/mol. The van der Waals surface area contributed by atoms with Crippen molar-refractivity contribution in [1.29, 1.82) is 0 Å². The fraction of sp³-hybridized carbons (Fsp3) is 1.00. The van der Waals surface area contributed by atoms with Gasteiger partial charge in [-0.3, -0.25) is 0 Å². The molecule has 0 aromatic rings. The van der Waals surface area contributed by atoms with E-state index in [9.17, 15) is 0 Å². The Morgan fingerprint density at radius 1 is 0.388 bits per heavy atom. The standard InChI is InChI=1S/C52H82O15/c1-28-10-13-38-31(4)41(56-44-50(38)35(28)16-22-47(7,59-44)62-65-50)53-25-19-34(20-26-54-42-32(5)39-14-11-29(2)36-17-23-48(8)60-45(57-42)51(36,39)66-63-48)21-27-55-43-33(6)40-15-12-30(3)37-18-24-49(9)61-46(58-43)52(37,40)67-64-49/h28-46H,10-27H2,1-9H3/t28-,29-,30-,31-,32-,33-,34?,35+,36+,37+,38+,39+,40+,41?,42?,43?,44-,45-,46-,47+,48+,49+,50-,51-,52-/m1/s1. The number of rotatable bonds is 12. The lowest BCUT2D eigenvalue weighted by molar-refractivity contribution is -0.577. The van der Waals surface area contributed by atoms with Crippen LogP contribution in [0.3, 0.4) is 0 Å². The molecular formula is C52H82O15. The van der Waals surface area contributed by atoms with E-state index in [1.54, 1.807) is 0 Å². The van der Waals surface area contributed by atoms with Gasteiger partial charge in [-0.05, 0) is 139 Å². The van der Waals surface area contributed by atoms with Gasteiger partial charge in [0.15, 0.2) is 54.5 Å². The Morgan fingerprint density at radius 2 is 0.687 bits per heavy atom. The Labute approximate surface area is 398 Å². The van der Waals surface area contributed by atoms with E-state index in [0.29, 0.717) is 55.3 Å². The second-order valence-electron chi connectivity index (χ2n) is 24.7. The minimum Gasteiger partial charge on any atom is -0.352 e. The molecule has 3 unspecified atom stereocenters. The summed E-state index contributed by atoms with van der Waals surface area (Å²) in [5.41, 5.74) is -1.86. The van der Waals surface area contributed by atoms with Crippen molar-refractivity contribution in [2.75, 3.05) is 19.8 Å². The van der Waals surface area contributed by atoms with Crippen LogP contribution >= 0.6 is 0 Å². The second-order valence-corrected chi connectivity index (χ2v) is 24.7. The van der Waals surface area contributed by atoms with Gasteiger partial charge < -0.3 is 42.6 Å². The van der Waals surface area contributed by atoms with E-state index in [4.69, 9.17) is 72.0 Å². The van der Waals surface area contributed by atoms with Gasteiger partial charge in [-0.15, -0.1) is 0 Å². The van der Waals surface area contributed by atoms with Crippen LogP contribution in [0, 0.1) is 76.9 Å². The minimum absolute atomic E-state index is 0.105. The third-order valence-corrected chi connectivity index (χ3v) is 20.7. The fourth-order valence-electron chi connectivity index (χ4n) is 16.7. The number of hydrogen-bond acceptors (Lipinski definition) is 15. The fourth-order valence-corrected chi connectivity index (χ4v) is 16.7. The van der Waals surface area contributed by atoms with Gasteiger partial charge >= 0.3 is 0 Å². The Bertz CT molecular complexity index is 1610. The molecule has 0 aromatic heterocycles. The van der Waals surface area contributed by atoms with Crippen molar-refractivity contribution in [3.8, 4) is 0 Å². The van der Waals surface area contributed by atoms with Crippen LogP contribution in [0.2, 0.25) is 0 Å². The van der Waals surface area contributed by atoms with Crippen LogP contribution in [0.5, 0.6) is 0 Å². The first-order valence-electron chi connectivity index (χ1n) is 27.1. The highest BCUT2D eigenvalue weighted by atomic mass is 17.3. The normalized spacial score (nSPS) is 57.6. The molecule has 3 spiro atoms. The highest BCUT2D eigenvalue weighted by molar-refractivity contribution is 5.12. The molecule has 0 radical (unpaired) electrons. The maximum atomic E-state index is 6.83. The van der Waals surface area contributed by atoms with E-state index < -0.39 is 71.9 Å². The van der Waals surface area contributed by atoms with Gasteiger partial charge in [0.25, 0.3) is 0 Å². The van der Waals surface area contributed by atoms with Crippen LogP contribution in [-0.2, 0) is 72.0 Å². The summed E-state index contributed by atoms with van der Waals surface area (Å²) in [7, 11) is 0. The lowest BCUT2D eigenvalue weighted by Crippen LogP contribution is -2.70. The lowest BCUT2D eigenvalue weighted by Gasteiger charge is -2.60. The largest absolute Gasteiger partial charge is 0.352 e. The van der Waals surface area contributed by atoms with Crippen LogP contribution in [-0.4, -0.2) is 91.7 Å². The molecule has 6 bridgehead atoms. The van der Waals surface area contributed by atoms with Gasteiger partial charge in [0, 0.05) is 54.8 Å². The molecule has 0 N–H and O–H groups in total. The zero-order valence-corrected chi connectivity index (χ0v) is 41.8. The molecule has 15 rings (SSSR count). The number of fused-ring (bicyclic) bond motifs is 6. The van der Waals surface area contributed by atoms with Crippen LogP contribution in [0.25, 0.3) is 0 Å². The van der Waals surface area contributed by atoms with E-state index in [1.165, 1.54) is 0 Å². The zero-order chi connectivity index (χ0) is 46.3. The van der Waals surface area contributed by atoms with Crippen molar-refractivity contribution < 1.29 is 72.0 Å². The molecule has 12 aliphatic heterocycles. The quantitative estimate of drug-likeness (QED) is 0.172. The van der Waals surface area contributed by atoms with E-state index in [2.05, 4.69) is 41.5 Å². The topological polar surface area (TPSA) is 138 Å². The highest BCUT2D eigenvalue weighted by Gasteiger charge is 2.72. The molecule has 12 saturated heterocycles. The molecule has 15 nitrogen and oxygen atoms in total. The van der Waals surface area contributed by atoms with E-state index in [-0.39, 0.29) is 41.4 Å². The second kappa shape index (κ2) is 17.2. The first-order chi connectivity index (χ1) is 32.1. The summed E-state index contributed by atoms with van der Waals surface area (Å²) in [4.78, 5) is 37.5. The summed E-state index contributed by atoms with van der Waals surface area (Å²) in [5, 5.41) is 0. The smallest absolute Gasteiger partial charge is 0.201 e. The summed E-state index contributed by atoms with van der Waals surface area (Å²) in [6.07, 6.45) is 11.4. The molecule has 380 valence electrons.